The van der Waals surface area contributed by atoms with Crippen LogP contribution in [0.5, 0.6) is 0 Å². The zero-order chi connectivity index (χ0) is 12.7. The highest BCUT2D eigenvalue weighted by molar-refractivity contribution is 4.69. The second-order valence-electron chi connectivity index (χ2n) is 5.52. The van der Waals surface area contributed by atoms with Crippen LogP contribution in [0.1, 0.15) is 48.0 Å². The van der Waals surface area contributed by atoms with E-state index in [0.717, 1.165) is 19.6 Å². The van der Waals surface area contributed by atoms with E-state index in [2.05, 4.69) is 34.6 Å². The van der Waals surface area contributed by atoms with Crippen molar-refractivity contribution in [2.45, 2.75) is 59.2 Å². The summed E-state index contributed by atoms with van der Waals surface area (Å²) < 4.78 is 16.7. The van der Waals surface area contributed by atoms with Gasteiger partial charge < -0.3 is 14.2 Å². The van der Waals surface area contributed by atoms with E-state index in [1.165, 1.54) is 0 Å². The first-order chi connectivity index (χ1) is 7.27. The van der Waals surface area contributed by atoms with Crippen LogP contribution < -0.4 is 0 Å². The smallest absolute Gasteiger partial charge is 0.0707 e. The van der Waals surface area contributed by atoms with Gasteiger partial charge in [-0.15, -0.1) is 0 Å². The normalized spacial score (nSPS) is 13.1. The molecule has 0 aliphatic rings. The van der Waals surface area contributed by atoms with Gasteiger partial charge in [-0.05, 0) is 48.0 Å². The van der Waals surface area contributed by atoms with Crippen molar-refractivity contribution in [2.24, 2.45) is 0 Å². The summed E-state index contributed by atoms with van der Waals surface area (Å²) >= 11 is 0. The molecule has 0 saturated carbocycles. The molecule has 16 heavy (non-hydrogen) atoms. The van der Waals surface area contributed by atoms with Crippen molar-refractivity contribution >= 4 is 0 Å². The molecule has 0 saturated heterocycles. The minimum Gasteiger partial charge on any atom is -0.379 e. The summed E-state index contributed by atoms with van der Waals surface area (Å²) in [6.45, 7) is 15.2. The Hall–Kier alpha value is -0.120. The van der Waals surface area contributed by atoms with Crippen molar-refractivity contribution < 1.29 is 14.2 Å². The molecule has 0 aliphatic heterocycles. The number of hydrogen-bond donors (Lipinski definition) is 0. The van der Waals surface area contributed by atoms with Gasteiger partial charge in [0.2, 0.25) is 0 Å². The Balaban J connectivity index is 3.62. The quantitative estimate of drug-likeness (QED) is 0.602. The van der Waals surface area contributed by atoms with E-state index in [1.54, 1.807) is 0 Å². The van der Waals surface area contributed by atoms with E-state index in [-0.39, 0.29) is 11.2 Å². The fraction of sp³-hybridized carbons (Fsp3) is 1.00. The predicted molar refractivity (Wildman–Crippen MR) is 66.8 cm³/mol. The van der Waals surface area contributed by atoms with Crippen LogP contribution in [0.25, 0.3) is 0 Å². The van der Waals surface area contributed by atoms with Crippen LogP contribution in [0.15, 0.2) is 0 Å². The first-order valence-electron chi connectivity index (χ1n) is 6.12. The van der Waals surface area contributed by atoms with Crippen molar-refractivity contribution in [3.63, 3.8) is 0 Å². The van der Waals surface area contributed by atoms with Gasteiger partial charge in [-0.3, -0.25) is 0 Å². The SMILES string of the molecule is CCOCCOC(C)(C)CCOC(C)(C)C. The second kappa shape index (κ2) is 7.25. The fourth-order valence-electron chi connectivity index (χ4n) is 1.20. The molecule has 0 aromatic heterocycles. The third-order valence-corrected chi connectivity index (χ3v) is 2.16. The van der Waals surface area contributed by atoms with Crippen molar-refractivity contribution in [1.82, 2.24) is 0 Å². The maximum absolute atomic E-state index is 5.74. The van der Waals surface area contributed by atoms with E-state index in [1.807, 2.05) is 6.92 Å². The first-order valence-corrected chi connectivity index (χ1v) is 6.12. The highest BCUT2D eigenvalue weighted by atomic mass is 16.5. The van der Waals surface area contributed by atoms with Crippen LogP contribution in [0, 0.1) is 0 Å². The highest BCUT2D eigenvalue weighted by Crippen LogP contribution is 2.16. The summed E-state index contributed by atoms with van der Waals surface area (Å²) in [6.07, 6.45) is 0.899. The molecule has 0 heterocycles. The molecule has 0 radical (unpaired) electrons. The zero-order valence-electron chi connectivity index (χ0n) is 11.8. The molecule has 0 bridgehead atoms. The molecule has 3 heteroatoms. The van der Waals surface area contributed by atoms with Crippen LogP contribution >= 0.6 is 0 Å². The lowest BCUT2D eigenvalue weighted by Gasteiger charge is -2.27. The maximum atomic E-state index is 5.74. The lowest BCUT2D eigenvalue weighted by atomic mass is 10.1. The van der Waals surface area contributed by atoms with Crippen molar-refractivity contribution in [1.29, 1.82) is 0 Å². The van der Waals surface area contributed by atoms with E-state index in [4.69, 9.17) is 14.2 Å². The Morgan fingerprint density at radius 1 is 0.812 bits per heavy atom. The molecular weight excluding hydrogens is 204 g/mol. The Morgan fingerprint density at radius 3 is 1.94 bits per heavy atom. The summed E-state index contributed by atoms with van der Waals surface area (Å²) in [7, 11) is 0. The Bertz CT molecular complexity index is 171. The average Bonchev–Trinajstić information content (AvgIpc) is 2.10. The lowest BCUT2D eigenvalue weighted by Crippen LogP contribution is -2.30. The molecule has 3 nitrogen and oxygen atoms in total. The van der Waals surface area contributed by atoms with Gasteiger partial charge in [-0.2, -0.15) is 0 Å². The number of hydrogen-bond acceptors (Lipinski definition) is 3. The third-order valence-electron chi connectivity index (χ3n) is 2.16. The minimum absolute atomic E-state index is 0.0681. The molecule has 0 atom stereocenters. The number of rotatable bonds is 8. The van der Waals surface area contributed by atoms with Gasteiger partial charge in [0.25, 0.3) is 0 Å². The van der Waals surface area contributed by atoms with E-state index < -0.39 is 0 Å². The van der Waals surface area contributed by atoms with Crippen LogP contribution in [0.4, 0.5) is 0 Å². The van der Waals surface area contributed by atoms with Gasteiger partial charge in [-0.1, -0.05) is 0 Å². The van der Waals surface area contributed by atoms with Gasteiger partial charge in [-0.25, -0.2) is 0 Å². The molecule has 0 fully saturated rings. The summed E-state index contributed by atoms with van der Waals surface area (Å²) in [5.74, 6) is 0. The summed E-state index contributed by atoms with van der Waals surface area (Å²) in [5.41, 5.74) is -0.205. The fourth-order valence-corrected chi connectivity index (χ4v) is 1.20. The largest absolute Gasteiger partial charge is 0.379 e. The van der Waals surface area contributed by atoms with E-state index >= 15 is 0 Å². The molecule has 0 aliphatic carbocycles. The topological polar surface area (TPSA) is 27.7 Å². The average molecular weight is 232 g/mol. The highest BCUT2D eigenvalue weighted by Gasteiger charge is 2.19. The van der Waals surface area contributed by atoms with Gasteiger partial charge in [0.15, 0.2) is 0 Å². The molecule has 98 valence electrons. The Morgan fingerprint density at radius 2 is 1.44 bits per heavy atom. The van der Waals surface area contributed by atoms with E-state index in [0.29, 0.717) is 13.2 Å². The first kappa shape index (κ1) is 15.9. The third kappa shape index (κ3) is 10.4. The molecule has 0 unspecified atom stereocenters. The molecule has 0 amide bonds. The van der Waals surface area contributed by atoms with Crippen molar-refractivity contribution in [3.8, 4) is 0 Å². The molecule has 0 spiro atoms. The molecule has 0 N–H and O–H groups in total. The van der Waals surface area contributed by atoms with Gasteiger partial charge >= 0.3 is 0 Å². The van der Waals surface area contributed by atoms with Crippen LogP contribution in [0.2, 0.25) is 0 Å². The van der Waals surface area contributed by atoms with Crippen LogP contribution in [-0.4, -0.2) is 37.6 Å². The summed E-state index contributed by atoms with van der Waals surface area (Å²) in [4.78, 5) is 0. The van der Waals surface area contributed by atoms with Gasteiger partial charge in [0.1, 0.15) is 0 Å². The molecule has 0 aromatic rings. The molecule has 0 aromatic carbocycles. The minimum atomic E-state index is -0.137. The Kier molecular flexibility index (Phi) is 7.20. The second-order valence-corrected chi connectivity index (χ2v) is 5.52. The molecule has 0 rings (SSSR count). The van der Waals surface area contributed by atoms with Crippen LogP contribution in [-0.2, 0) is 14.2 Å². The van der Waals surface area contributed by atoms with Crippen LogP contribution in [0.3, 0.4) is 0 Å². The summed E-state index contributed by atoms with van der Waals surface area (Å²) in [6, 6.07) is 0. The van der Waals surface area contributed by atoms with Crippen molar-refractivity contribution in [3.05, 3.63) is 0 Å². The standard InChI is InChI=1S/C13H28O3/c1-7-14-10-11-16-13(5,6)8-9-15-12(2,3)4/h7-11H2,1-6H3. The lowest BCUT2D eigenvalue weighted by molar-refractivity contribution is -0.0784. The van der Waals surface area contributed by atoms with E-state index in [9.17, 15) is 0 Å². The predicted octanol–water partition coefficient (Wildman–Crippen LogP) is 3.02. The van der Waals surface area contributed by atoms with Gasteiger partial charge in [0.05, 0.1) is 24.4 Å². The number of ether oxygens (including phenoxy) is 3. The zero-order valence-corrected chi connectivity index (χ0v) is 11.8. The molecular formula is C13H28O3. The Labute approximate surface area is 100 Å². The monoisotopic (exact) mass is 232 g/mol. The van der Waals surface area contributed by atoms with Gasteiger partial charge in [0, 0.05) is 13.2 Å². The van der Waals surface area contributed by atoms with Crippen molar-refractivity contribution in [2.75, 3.05) is 26.4 Å². The summed E-state index contributed by atoms with van der Waals surface area (Å²) in [5, 5.41) is 0. The maximum Gasteiger partial charge on any atom is 0.0707 e.